The normalized spacial score (nSPS) is 15.2. The smallest absolute Gasteiger partial charge is 0.412 e. The number of pyridine rings is 1. The monoisotopic (exact) mass is 409 g/mol. The zero-order valence-corrected chi connectivity index (χ0v) is 17.1. The van der Waals surface area contributed by atoms with Gasteiger partial charge in [-0.1, -0.05) is 25.7 Å². The summed E-state index contributed by atoms with van der Waals surface area (Å²) >= 11 is 0. The highest BCUT2D eigenvalue weighted by molar-refractivity contribution is 6.01. The summed E-state index contributed by atoms with van der Waals surface area (Å²) in [5.41, 5.74) is 7.88. The minimum Gasteiger partial charge on any atom is -0.496 e. The Morgan fingerprint density at radius 3 is 2.70 bits per heavy atom. The van der Waals surface area contributed by atoms with Crippen LogP contribution in [-0.4, -0.2) is 36.4 Å². The number of aromatic nitrogens is 1. The van der Waals surface area contributed by atoms with E-state index in [1.165, 1.54) is 12.8 Å². The molecule has 2 aromatic rings. The van der Waals surface area contributed by atoms with Crippen molar-refractivity contribution < 1.29 is 14.3 Å². The summed E-state index contributed by atoms with van der Waals surface area (Å²) in [6.45, 7) is 0. The number of nitrogens with zero attached hydrogens (tertiary/aromatic N) is 2. The molecule has 1 aliphatic carbocycles. The average molecular weight is 409 g/mol. The van der Waals surface area contributed by atoms with Crippen molar-refractivity contribution in [1.29, 1.82) is 5.41 Å². The van der Waals surface area contributed by atoms with Gasteiger partial charge in [-0.3, -0.25) is 10.4 Å². The molecule has 0 bridgehead atoms. The lowest BCUT2D eigenvalue weighted by atomic mass is 10.0. The number of methoxy groups -OCH3 is 1. The fourth-order valence-corrected chi connectivity index (χ4v) is 3.57. The fourth-order valence-electron chi connectivity index (χ4n) is 3.57. The van der Waals surface area contributed by atoms with E-state index in [9.17, 15) is 4.79 Å². The number of carbonyl (C=O) groups excluding carboxylic acids is 1. The number of hydrogen-bond acceptors (Lipinski definition) is 5. The van der Waals surface area contributed by atoms with E-state index in [1.807, 2.05) is 0 Å². The highest BCUT2D eigenvalue weighted by Crippen LogP contribution is 2.33. The first-order valence-electron chi connectivity index (χ1n) is 10.0. The van der Waals surface area contributed by atoms with Gasteiger partial charge in [0.25, 0.3) is 0 Å². The zero-order chi connectivity index (χ0) is 21.3. The van der Waals surface area contributed by atoms with Crippen molar-refractivity contribution in [2.75, 3.05) is 7.11 Å². The molecule has 0 saturated heterocycles. The van der Waals surface area contributed by atoms with Crippen LogP contribution in [0, 0.1) is 5.41 Å². The Hall–Kier alpha value is -3.42. The first-order valence-corrected chi connectivity index (χ1v) is 10.0. The minimum atomic E-state index is -0.452. The molecule has 1 heterocycles. The third-order valence-corrected chi connectivity index (χ3v) is 5.11. The van der Waals surface area contributed by atoms with Crippen LogP contribution in [0.1, 0.15) is 44.1 Å². The zero-order valence-electron chi connectivity index (χ0n) is 17.1. The summed E-state index contributed by atoms with van der Waals surface area (Å²) in [4.78, 5) is 20.4. The molecular formula is C22H27N5O3. The largest absolute Gasteiger partial charge is 0.496 e. The number of rotatable bonds is 6. The van der Waals surface area contributed by atoms with Gasteiger partial charge < -0.3 is 20.5 Å². The molecule has 1 aliphatic rings. The standard InChI is InChI=1S/C22H27N5O3/c1-29-20-9-8-18(30-22(28)27-17-6-4-2-3-5-7-17)11-19(20)15-10-16(13-25-12-15)21(24)26-14-23/h8-14,17H,2-7H2,1H3,(H,27,28)(H3,23,24,26). The Morgan fingerprint density at radius 2 is 2.00 bits per heavy atom. The van der Waals surface area contributed by atoms with E-state index < -0.39 is 6.09 Å². The SMILES string of the molecule is COc1ccc(OC(=O)NC2CCCCCC2)cc1-c1cncc(C(N)=NC=N)c1. The molecule has 1 amide bonds. The summed E-state index contributed by atoms with van der Waals surface area (Å²) < 4.78 is 11.0. The van der Waals surface area contributed by atoms with Gasteiger partial charge in [-0.25, -0.2) is 9.79 Å². The van der Waals surface area contributed by atoms with Crippen LogP contribution in [0.4, 0.5) is 4.79 Å². The molecule has 1 fully saturated rings. The molecule has 4 N–H and O–H groups in total. The highest BCUT2D eigenvalue weighted by atomic mass is 16.6. The summed E-state index contributed by atoms with van der Waals surface area (Å²) in [7, 11) is 1.57. The quantitative estimate of drug-likeness (QED) is 0.379. The van der Waals surface area contributed by atoms with Crippen molar-refractivity contribution >= 4 is 18.3 Å². The first-order chi connectivity index (χ1) is 14.6. The van der Waals surface area contributed by atoms with Crippen LogP contribution in [0.5, 0.6) is 11.5 Å². The molecule has 8 nitrogen and oxygen atoms in total. The van der Waals surface area contributed by atoms with E-state index in [0.717, 1.165) is 37.6 Å². The van der Waals surface area contributed by atoms with E-state index in [2.05, 4.69) is 15.3 Å². The van der Waals surface area contributed by atoms with Gasteiger partial charge in [-0.2, -0.15) is 0 Å². The molecule has 1 aromatic carbocycles. The molecule has 0 spiro atoms. The van der Waals surface area contributed by atoms with Crippen molar-refractivity contribution in [3.8, 4) is 22.6 Å². The van der Waals surface area contributed by atoms with Crippen LogP contribution < -0.4 is 20.5 Å². The predicted octanol–water partition coefficient (Wildman–Crippen LogP) is 3.88. The Bertz CT molecular complexity index is 921. The van der Waals surface area contributed by atoms with Crippen molar-refractivity contribution in [1.82, 2.24) is 10.3 Å². The van der Waals surface area contributed by atoms with E-state index in [1.54, 1.807) is 43.8 Å². The van der Waals surface area contributed by atoms with Gasteiger partial charge in [0, 0.05) is 35.1 Å². The lowest BCUT2D eigenvalue weighted by Crippen LogP contribution is -2.36. The Kier molecular flexibility index (Phi) is 7.37. The number of hydrogen-bond donors (Lipinski definition) is 3. The molecular weight excluding hydrogens is 382 g/mol. The molecule has 1 saturated carbocycles. The van der Waals surface area contributed by atoms with E-state index in [-0.39, 0.29) is 11.9 Å². The number of carbonyl (C=O) groups is 1. The molecule has 0 radical (unpaired) electrons. The number of amides is 1. The maximum atomic E-state index is 12.4. The van der Waals surface area contributed by atoms with Gasteiger partial charge in [0.2, 0.25) is 0 Å². The number of aliphatic imine (C=N–C) groups is 1. The van der Waals surface area contributed by atoms with E-state index in [4.69, 9.17) is 20.6 Å². The fraction of sp³-hybridized carbons (Fsp3) is 0.364. The lowest BCUT2D eigenvalue weighted by Gasteiger charge is -2.16. The molecule has 1 aromatic heterocycles. The molecule has 0 atom stereocenters. The number of nitrogens with two attached hydrogens (primary N) is 1. The second kappa shape index (κ2) is 10.4. The summed E-state index contributed by atoms with van der Waals surface area (Å²) in [6.07, 6.45) is 10.3. The van der Waals surface area contributed by atoms with Crippen molar-refractivity contribution in [2.45, 2.75) is 44.6 Å². The summed E-state index contributed by atoms with van der Waals surface area (Å²) in [6, 6.07) is 7.12. The van der Waals surface area contributed by atoms with Gasteiger partial charge in [0.05, 0.1) is 7.11 Å². The average Bonchev–Trinajstić information content (AvgIpc) is 3.02. The van der Waals surface area contributed by atoms with Crippen LogP contribution in [0.15, 0.2) is 41.7 Å². The highest BCUT2D eigenvalue weighted by Gasteiger charge is 2.17. The third-order valence-electron chi connectivity index (χ3n) is 5.11. The first kappa shape index (κ1) is 21.3. The van der Waals surface area contributed by atoms with Crippen LogP contribution in [0.2, 0.25) is 0 Å². The minimum absolute atomic E-state index is 0.162. The van der Waals surface area contributed by atoms with Gasteiger partial charge in [0.1, 0.15) is 23.7 Å². The number of nitrogens with one attached hydrogen (secondary N) is 2. The molecule has 0 aliphatic heterocycles. The molecule has 3 rings (SSSR count). The van der Waals surface area contributed by atoms with Crippen molar-refractivity contribution in [3.05, 3.63) is 42.2 Å². The number of benzene rings is 1. The van der Waals surface area contributed by atoms with E-state index >= 15 is 0 Å². The number of ether oxygens (including phenoxy) is 2. The predicted molar refractivity (Wildman–Crippen MR) is 116 cm³/mol. The molecule has 30 heavy (non-hydrogen) atoms. The van der Waals surface area contributed by atoms with Crippen LogP contribution in [0.25, 0.3) is 11.1 Å². The lowest BCUT2D eigenvalue weighted by molar-refractivity contribution is 0.194. The maximum Gasteiger partial charge on any atom is 0.412 e. The van der Waals surface area contributed by atoms with E-state index in [0.29, 0.717) is 22.6 Å². The van der Waals surface area contributed by atoms with Crippen molar-refractivity contribution in [2.24, 2.45) is 10.7 Å². The summed E-state index contributed by atoms with van der Waals surface area (Å²) in [5.74, 6) is 1.20. The van der Waals surface area contributed by atoms with Gasteiger partial charge >= 0.3 is 6.09 Å². The number of amidine groups is 1. The molecule has 8 heteroatoms. The molecule has 158 valence electrons. The van der Waals surface area contributed by atoms with Crippen LogP contribution >= 0.6 is 0 Å². The Balaban J connectivity index is 1.80. The topological polar surface area (TPSA) is 123 Å². The second-order valence-corrected chi connectivity index (χ2v) is 7.19. The summed E-state index contributed by atoms with van der Waals surface area (Å²) in [5, 5.41) is 10.0. The van der Waals surface area contributed by atoms with Gasteiger partial charge in [-0.05, 0) is 37.1 Å². The Labute approximate surface area is 176 Å². The second-order valence-electron chi connectivity index (χ2n) is 7.19. The maximum absolute atomic E-state index is 12.4. The molecule has 0 unspecified atom stereocenters. The van der Waals surface area contributed by atoms with Gasteiger partial charge in [0.15, 0.2) is 0 Å². The van der Waals surface area contributed by atoms with Crippen LogP contribution in [0.3, 0.4) is 0 Å². The Morgan fingerprint density at radius 1 is 1.23 bits per heavy atom. The third kappa shape index (κ3) is 5.56. The van der Waals surface area contributed by atoms with Gasteiger partial charge in [-0.15, -0.1) is 0 Å². The van der Waals surface area contributed by atoms with Crippen LogP contribution in [-0.2, 0) is 0 Å². The van der Waals surface area contributed by atoms with Crippen molar-refractivity contribution in [3.63, 3.8) is 0 Å².